The lowest BCUT2D eigenvalue weighted by atomic mass is 9.82. The van der Waals surface area contributed by atoms with E-state index < -0.39 is 0 Å². The standard InChI is InChI=1S/C16H25NO/c1-4-13-7-5-6-8-15(13)17-14-10-9-11(2)16(18)12(14)3/h9-10,13,15,17-18H,4-8H2,1-3H3. The average Bonchev–Trinajstić information content (AvgIpc) is 2.40. The second-order valence-corrected chi connectivity index (χ2v) is 5.61. The lowest BCUT2D eigenvalue weighted by molar-refractivity contribution is 0.317. The normalized spacial score (nSPS) is 23.9. The van der Waals surface area contributed by atoms with Gasteiger partial charge in [-0.05, 0) is 44.2 Å². The lowest BCUT2D eigenvalue weighted by Crippen LogP contribution is -2.32. The first-order valence-corrected chi connectivity index (χ1v) is 7.19. The summed E-state index contributed by atoms with van der Waals surface area (Å²) in [5, 5.41) is 13.7. The maximum absolute atomic E-state index is 10.00. The van der Waals surface area contributed by atoms with Gasteiger partial charge in [-0.1, -0.05) is 32.3 Å². The molecule has 0 spiro atoms. The van der Waals surface area contributed by atoms with Gasteiger partial charge in [0.05, 0.1) is 0 Å². The minimum Gasteiger partial charge on any atom is -0.507 e. The fourth-order valence-corrected chi connectivity index (χ4v) is 3.08. The second-order valence-electron chi connectivity index (χ2n) is 5.61. The molecule has 1 aromatic carbocycles. The van der Waals surface area contributed by atoms with Crippen LogP contribution in [0.2, 0.25) is 0 Å². The van der Waals surface area contributed by atoms with E-state index in [9.17, 15) is 5.11 Å². The van der Waals surface area contributed by atoms with Crippen LogP contribution in [0, 0.1) is 19.8 Å². The van der Waals surface area contributed by atoms with E-state index in [-0.39, 0.29) is 0 Å². The summed E-state index contributed by atoms with van der Waals surface area (Å²) >= 11 is 0. The van der Waals surface area contributed by atoms with Crippen LogP contribution in [-0.4, -0.2) is 11.1 Å². The third kappa shape index (κ3) is 2.63. The molecule has 2 atom stereocenters. The number of phenols is 1. The number of rotatable bonds is 3. The molecule has 0 amide bonds. The Morgan fingerprint density at radius 1 is 1.22 bits per heavy atom. The van der Waals surface area contributed by atoms with Crippen molar-refractivity contribution in [3.63, 3.8) is 0 Å². The Morgan fingerprint density at radius 2 is 1.94 bits per heavy atom. The molecule has 0 radical (unpaired) electrons. The van der Waals surface area contributed by atoms with Gasteiger partial charge in [0.1, 0.15) is 5.75 Å². The van der Waals surface area contributed by atoms with Gasteiger partial charge in [-0.2, -0.15) is 0 Å². The van der Waals surface area contributed by atoms with E-state index in [2.05, 4.69) is 18.3 Å². The van der Waals surface area contributed by atoms with Crippen LogP contribution in [0.15, 0.2) is 12.1 Å². The van der Waals surface area contributed by atoms with Crippen LogP contribution in [0.5, 0.6) is 5.75 Å². The topological polar surface area (TPSA) is 32.3 Å². The van der Waals surface area contributed by atoms with Crippen LogP contribution in [0.4, 0.5) is 5.69 Å². The molecule has 2 N–H and O–H groups in total. The molecule has 0 aliphatic heterocycles. The molecule has 1 aromatic rings. The summed E-state index contributed by atoms with van der Waals surface area (Å²) in [5.74, 6) is 1.21. The maximum atomic E-state index is 10.00. The first-order chi connectivity index (χ1) is 8.63. The Bertz CT molecular complexity index is 414. The zero-order valence-electron chi connectivity index (χ0n) is 11.8. The van der Waals surface area contributed by atoms with Gasteiger partial charge in [-0.3, -0.25) is 0 Å². The SMILES string of the molecule is CCC1CCCCC1Nc1ccc(C)c(O)c1C. The Hall–Kier alpha value is -1.18. The monoisotopic (exact) mass is 247 g/mol. The van der Waals surface area contributed by atoms with Crippen LogP contribution < -0.4 is 5.32 Å². The molecule has 0 aromatic heterocycles. The largest absolute Gasteiger partial charge is 0.507 e. The number of hydrogen-bond donors (Lipinski definition) is 2. The summed E-state index contributed by atoms with van der Waals surface area (Å²) in [6, 6.07) is 4.67. The fraction of sp³-hybridized carbons (Fsp3) is 0.625. The Labute approximate surface area is 110 Å². The Morgan fingerprint density at radius 3 is 2.67 bits per heavy atom. The molecule has 100 valence electrons. The van der Waals surface area contributed by atoms with E-state index in [1.807, 2.05) is 19.9 Å². The molecular weight excluding hydrogens is 222 g/mol. The molecule has 1 fully saturated rings. The highest BCUT2D eigenvalue weighted by molar-refractivity contribution is 5.59. The van der Waals surface area contributed by atoms with Gasteiger partial charge in [0.25, 0.3) is 0 Å². The average molecular weight is 247 g/mol. The molecule has 2 unspecified atom stereocenters. The van der Waals surface area contributed by atoms with Crippen molar-refractivity contribution in [2.24, 2.45) is 5.92 Å². The van der Waals surface area contributed by atoms with Crippen LogP contribution in [0.3, 0.4) is 0 Å². The molecule has 0 saturated heterocycles. The van der Waals surface area contributed by atoms with Gasteiger partial charge >= 0.3 is 0 Å². The number of benzene rings is 1. The highest BCUT2D eigenvalue weighted by Gasteiger charge is 2.24. The maximum Gasteiger partial charge on any atom is 0.123 e. The van der Waals surface area contributed by atoms with Crippen molar-refractivity contribution in [2.45, 2.75) is 58.9 Å². The van der Waals surface area contributed by atoms with E-state index in [1.54, 1.807) is 0 Å². The summed E-state index contributed by atoms with van der Waals surface area (Å²) in [5.41, 5.74) is 3.03. The van der Waals surface area contributed by atoms with Gasteiger partial charge in [0, 0.05) is 17.3 Å². The van der Waals surface area contributed by atoms with Gasteiger partial charge < -0.3 is 10.4 Å². The molecule has 0 bridgehead atoms. The van der Waals surface area contributed by atoms with Gasteiger partial charge in [-0.15, -0.1) is 0 Å². The third-order valence-corrected chi connectivity index (χ3v) is 4.41. The molecular formula is C16H25NO. The van der Waals surface area contributed by atoms with Crippen LogP contribution in [0.25, 0.3) is 0 Å². The van der Waals surface area contributed by atoms with Gasteiger partial charge in [0.2, 0.25) is 0 Å². The predicted molar refractivity (Wildman–Crippen MR) is 77.2 cm³/mol. The quantitative estimate of drug-likeness (QED) is 0.830. The van der Waals surface area contributed by atoms with Crippen molar-refractivity contribution in [1.82, 2.24) is 0 Å². The molecule has 2 heteroatoms. The number of hydrogen-bond acceptors (Lipinski definition) is 2. The smallest absolute Gasteiger partial charge is 0.123 e. The summed E-state index contributed by atoms with van der Waals surface area (Å²) in [7, 11) is 0. The summed E-state index contributed by atoms with van der Waals surface area (Å²) in [4.78, 5) is 0. The minimum atomic E-state index is 0.434. The third-order valence-electron chi connectivity index (χ3n) is 4.41. The van der Waals surface area contributed by atoms with Crippen molar-refractivity contribution in [3.05, 3.63) is 23.3 Å². The minimum absolute atomic E-state index is 0.434. The van der Waals surface area contributed by atoms with Crippen molar-refractivity contribution in [2.75, 3.05) is 5.32 Å². The molecule has 18 heavy (non-hydrogen) atoms. The van der Waals surface area contributed by atoms with E-state index in [0.29, 0.717) is 11.8 Å². The van der Waals surface area contributed by atoms with Gasteiger partial charge in [0.15, 0.2) is 0 Å². The molecule has 1 aliphatic carbocycles. The van der Waals surface area contributed by atoms with Crippen molar-refractivity contribution >= 4 is 5.69 Å². The molecule has 2 nitrogen and oxygen atoms in total. The summed E-state index contributed by atoms with van der Waals surface area (Å²) in [6.45, 7) is 6.22. The first kappa shape index (κ1) is 13.3. The summed E-state index contributed by atoms with van der Waals surface area (Å²) in [6.07, 6.45) is 6.53. The number of aryl methyl sites for hydroxylation is 1. The van der Waals surface area contributed by atoms with Crippen molar-refractivity contribution in [1.29, 1.82) is 0 Å². The highest BCUT2D eigenvalue weighted by Crippen LogP contribution is 2.33. The Kier molecular flexibility index (Phi) is 4.15. The van der Waals surface area contributed by atoms with E-state index in [1.165, 1.54) is 32.1 Å². The van der Waals surface area contributed by atoms with Crippen LogP contribution >= 0.6 is 0 Å². The number of anilines is 1. The van der Waals surface area contributed by atoms with Crippen LogP contribution in [-0.2, 0) is 0 Å². The number of nitrogens with one attached hydrogen (secondary N) is 1. The predicted octanol–water partition coefficient (Wildman–Crippen LogP) is 4.39. The number of aromatic hydroxyl groups is 1. The molecule has 2 rings (SSSR count). The Balaban J connectivity index is 2.15. The molecule has 1 aliphatic rings. The van der Waals surface area contributed by atoms with Crippen LogP contribution in [0.1, 0.15) is 50.2 Å². The molecule has 0 heterocycles. The first-order valence-electron chi connectivity index (χ1n) is 7.19. The zero-order chi connectivity index (χ0) is 13.1. The van der Waals surface area contributed by atoms with E-state index >= 15 is 0 Å². The molecule has 1 saturated carbocycles. The fourth-order valence-electron chi connectivity index (χ4n) is 3.08. The highest BCUT2D eigenvalue weighted by atomic mass is 16.3. The lowest BCUT2D eigenvalue weighted by Gasteiger charge is -2.33. The van der Waals surface area contributed by atoms with E-state index in [0.717, 1.165) is 22.7 Å². The van der Waals surface area contributed by atoms with Crippen molar-refractivity contribution < 1.29 is 5.11 Å². The van der Waals surface area contributed by atoms with E-state index in [4.69, 9.17) is 0 Å². The zero-order valence-corrected chi connectivity index (χ0v) is 11.8. The number of phenolic OH excluding ortho intramolecular Hbond substituents is 1. The van der Waals surface area contributed by atoms with Gasteiger partial charge in [-0.25, -0.2) is 0 Å². The summed E-state index contributed by atoms with van der Waals surface area (Å²) < 4.78 is 0. The second kappa shape index (κ2) is 5.64. The van der Waals surface area contributed by atoms with Crippen molar-refractivity contribution in [3.8, 4) is 5.75 Å².